The van der Waals surface area contributed by atoms with Gasteiger partial charge in [0, 0.05) is 16.7 Å². The number of rotatable bonds is 5. The highest BCUT2D eigenvalue weighted by Gasteiger charge is 2.14. The van der Waals surface area contributed by atoms with E-state index < -0.39 is 0 Å². The third-order valence-corrected chi connectivity index (χ3v) is 4.79. The van der Waals surface area contributed by atoms with Gasteiger partial charge in [-0.05, 0) is 29.7 Å². The number of carbonyl (C=O) groups is 1. The molecule has 0 aliphatic heterocycles. The van der Waals surface area contributed by atoms with Gasteiger partial charge in [-0.2, -0.15) is 0 Å². The van der Waals surface area contributed by atoms with Crippen molar-refractivity contribution in [1.82, 2.24) is 9.55 Å². The van der Waals surface area contributed by atoms with E-state index in [4.69, 9.17) is 0 Å². The summed E-state index contributed by atoms with van der Waals surface area (Å²) in [5.41, 5.74) is 1.65. The molecule has 3 rings (SSSR count). The summed E-state index contributed by atoms with van der Waals surface area (Å²) in [6.07, 6.45) is 5.24. The number of hydrogen-bond donors (Lipinski definition) is 0. The van der Waals surface area contributed by atoms with Gasteiger partial charge in [0.1, 0.15) is 0 Å². The first-order valence-corrected chi connectivity index (χ1v) is 8.63. The molecule has 0 bridgehead atoms. The monoisotopic (exact) mass is 326 g/mol. The summed E-state index contributed by atoms with van der Waals surface area (Å²) in [5.74, 6) is 0.624. The summed E-state index contributed by atoms with van der Waals surface area (Å²) in [5, 5.41) is 2.68. The first kappa shape index (κ1) is 14.8. The van der Waals surface area contributed by atoms with Crippen molar-refractivity contribution >= 4 is 46.1 Å². The number of fused-ring (bicyclic) bond motifs is 1. The molecule has 0 radical (unpaired) electrons. The summed E-state index contributed by atoms with van der Waals surface area (Å²) < 4.78 is 1.66. The molecule has 0 fully saturated rings. The van der Waals surface area contributed by atoms with Gasteiger partial charge in [0.25, 0.3) is 5.91 Å². The largest absolute Gasteiger partial charge is 0.269 e. The molecule has 0 aliphatic carbocycles. The van der Waals surface area contributed by atoms with Crippen LogP contribution in [0.25, 0.3) is 17.1 Å². The fourth-order valence-electron chi connectivity index (χ4n) is 2.06. The first-order valence-electron chi connectivity index (χ1n) is 6.76. The van der Waals surface area contributed by atoms with Gasteiger partial charge in [-0.25, -0.2) is 4.98 Å². The molecule has 0 N–H and O–H groups in total. The van der Waals surface area contributed by atoms with Gasteiger partial charge >= 0.3 is 0 Å². The van der Waals surface area contributed by atoms with Gasteiger partial charge in [0.2, 0.25) is 0 Å². The van der Waals surface area contributed by atoms with Gasteiger partial charge < -0.3 is 0 Å². The van der Waals surface area contributed by atoms with Crippen LogP contribution in [0.3, 0.4) is 0 Å². The molecule has 0 saturated carbocycles. The van der Waals surface area contributed by atoms with Gasteiger partial charge in [-0.15, -0.1) is 17.9 Å². The quantitative estimate of drug-likeness (QED) is 0.386. The fraction of sp³-hybridized carbons (Fsp3) is 0.0588. The highest BCUT2D eigenvalue weighted by atomic mass is 32.2. The van der Waals surface area contributed by atoms with E-state index in [0.29, 0.717) is 10.9 Å². The van der Waals surface area contributed by atoms with Crippen molar-refractivity contribution < 1.29 is 4.79 Å². The molecule has 0 spiro atoms. The van der Waals surface area contributed by atoms with Crippen molar-refractivity contribution in [1.29, 1.82) is 0 Å². The number of nitrogens with zero attached hydrogens (tertiary/aromatic N) is 2. The number of hydrogen-bond acceptors (Lipinski definition) is 4. The number of allylic oxidation sites excluding steroid dienone is 1. The lowest BCUT2D eigenvalue weighted by Gasteiger charge is -2.03. The number of carbonyl (C=O) groups excluding carboxylic acids is 1. The van der Waals surface area contributed by atoms with E-state index in [1.165, 1.54) is 11.8 Å². The van der Waals surface area contributed by atoms with Crippen molar-refractivity contribution in [2.75, 3.05) is 5.75 Å². The minimum absolute atomic E-state index is 0.0892. The predicted molar refractivity (Wildman–Crippen MR) is 94.6 cm³/mol. The van der Waals surface area contributed by atoms with Crippen LogP contribution >= 0.6 is 23.1 Å². The first-order chi connectivity index (χ1) is 10.8. The maximum absolute atomic E-state index is 12.6. The maximum atomic E-state index is 12.6. The van der Waals surface area contributed by atoms with Crippen LogP contribution in [0.15, 0.2) is 65.7 Å². The summed E-state index contributed by atoms with van der Waals surface area (Å²) >= 11 is 3.11. The zero-order valence-electron chi connectivity index (χ0n) is 11.8. The fourth-order valence-corrected chi connectivity index (χ4v) is 3.43. The Bertz CT molecular complexity index is 832. The summed E-state index contributed by atoms with van der Waals surface area (Å²) in [6.45, 7) is 3.72. The van der Waals surface area contributed by atoms with Crippen LogP contribution in [-0.2, 0) is 0 Å². The van der Waals surface area contributed by atoms with Crippen LogP contribution in [0.5, 0.6) is 0 Å². The Morgan fingerprint density at radius 3 is 2.95 bits per heavy atom. The van der Waals surface area contributed by atoms with Crippen LogP contribution in [0.2, 0.25) is 0 Å². The molecule has 5 heteroatoms. The molecule has 22 heavy (non-hydrogen) atoms. The van der Waals surface area contributed by atoms with E-state index in [9.17, 15) is 4.79 Å². The van der Waals surface area contributed by atoms with Crippen molar-refractivity contribution in [3.8, 4) is 0 Å². The van der Waals surface area contributed by atoms with E-state index in [1.54, 1.807) is 28.1 Å². The maximum Gasteiger partial charge on any atom is 0.257 e. The standard InChI is InChI=1S/C17H14N2OS2/c1-2-11-22-17-18-14-7-3-4-8-15(14)19(17)16(20)10-9-13-6-5-12-21-13/h2-10,12H,1,11H2. The van der Waals surface area contributed by atoms with Gasteiger partial charge in [0.15, 0.2) is 5.16 Å². The van der Waals surface area contributed by atoms with Crippen LogP contribution in [-0.4, -0.2) is 21.2 Å². The van der Waals surface area contributed by atoms with Crippen LogP contribution in [0, 0.1) is 0 Å². The molecule has 110 valence electrons. The molecular formula is C17H14N2OS2. The van der Waals surface area contributed by atoms with Gasteiger partial charge in [0.05, 0.1) is 11.0 Å². The zero-order valence-corrected chi connectivity index (χ0v) is 13.4. The van der Waals surface area contributed by atoms with E-state index >= 15 is 0 Å². The number of para-hydroxylation sites is 2. The smallest absolute Gasteiger partial charge is 0.257 e. The van der Waals surface area contributed by atoms with E-state index in [0.717, 1.165) is 15.9 Å². The molecular weight excluding hydrogens is 312 g/mol. The Morgan fingerprint density at radius 2 is 2.18 bits per heavy atom. The molecule has 0 unspecified atom stereocenters. The van der Waals surface area contributed by atoms with Crippen molar-refractivity contribution in [2.45, 2.75) is 5.16 Å². The van der Waals surface area contributed by atoms with E-state index in [2.05, 4.69) is 11.6 Å². The normalized spacial score (nSPS) is 11.3. The van der Waals surface area contributed by atoms with Gasteiger partial charge in [-0.1, -0.05) is 36.0 Å². The van der Waals surface area contributed by atoms with E-state index in [1.807, 2.05) is 47.9 Å². The molecule has 0 saturated heterocycles. The molecule has 2 aromatic heterocycles. The second kappa shape index (κ2) is 6.77. The third-order valence-electron chi connectivity index (χ3n) is 3.01. The summed E-state index contributed by atoms with van der Waals surface area (Å²) in [6, 6.07) is 11.6. The highest BCUT2D eigenvalue weighted by molar-refractivity contribution is 7.99. The lowest BCUT2D eigenvalue weighted by Crippen LogP contribution is -2.08. The minimum atomic E-state index is -0.0892. The predicted octanol–water partition coefficient (Wildman–Crippen LogP) is 4.73. The topological polar surface area (TPSA) is 34.9 Å². The second-order valence-corrected chi connectivity index (χ2v) is 6.47. The number of imidazole rings is 1. The lowest BCUT2D eigenvalue weighted by atomic mass is 10.3. The summed E-state index contributed by atoms with van der Waals surface area (Å²) in [4.78, 5) is 18.2. The molecule has 3 aromatic rings. The number of thioether (sulfide) groups is 1. The Hall–Kier alpha value is -2.11. The number of thiophene rings is 1. The molecule has 0 aliphatic rings. The third kappa shape index (κ3) is 3.05. The summed E-state index contributed by atoms with van der Waals surface area (Å²) in [7, 11) is 0. The molecule has 0 atom stereocenters. The average Bonchev–Trinajstić information content (AvgIpc) is 3.17. The van der Waals surface area contributed by atoms with Crippen molar-refractivity contribution in [2.24, 2.45) is 0 Å². The molecule has 0 amide bonds. The Labute approximate surface area is 137 Å². The van der Waals surface area contributed by atoms with Gasteiger partial charge in [-0.3, -0.25) is 9.36 Å². The number of aromatic nitrogens is 2. The number of benzene rings is 1. The lowest BCUT2D eigenvalue weighted by molar-refractivity contribution is 0.0965. The Balaban J connectivity index is 1.99. The highest BCUT2D eigenvalue weighted by Crippen LogP contribution is 2.24. The van der Waals surface area contributed by atoms with Crippen LogP contribution in [0.1, 0.15) is 9.67 Å². The minimum Gasteiger partial charge on any atom is -0.269 e. The molecule has 1 aromatic carbocycles. The zero-order chi connectivity index (χ0) is 15.4. The van der Waals surface area contributed by atoms with Crippen LogP contribution < -0.4 is 0 Å². The van der Waals surface area contributed by atoms with Crippen molar-refractivity contribution in [3.05, 3.63) is 65.4 Å². The van der Waals surface area contributed by atoms with Crippen molar-refractivity contribution in [3.63, 3.8) is 0 Å². The second-order valence-electron chi connectivity index (χ2n) is 4.51. The van der Waals surface area contributed by atoms with Crippen LogP contribution in [0.4, 0.5) is 0 Å². The van der Waals surface area contributed by atoms with E-state index in [-0.39, 0.29) is 5.91 Å². The molecule has 3 nitrogen and oxygen atoms in total. The Morgan fingerprint density at radius 1 is 1.32 bits per heavy atom. The average molecular weight is 326 g/mol. The molecule has 2 heterocycles. The SMILES string of the molecule is C=CCSc1nc2ccccc2n1C(=O)C=Cc1cccs1. The Kier molecular flexibility index (Phi) is 4.56.